The minimum atomic E-state index is -0.436. The molecule has 0 aromatic heterocycles. The molecule has 1 amide bonds. The molecule has 0 saturated heterocycles. The van der Waals surface area contributed by atoms with Gasteiger partial charge in [-0.3, -0.25) is 4.79 Å². The van der Waals surface area contributed by atoms with Crippen LogP contribution in [0, 0.1) is 6.92 Å². The third kappa shape index (κ3) is 2.86. The van der Waals surface area contributed by atoms with Crippen LogP contribution in [0.15, 0.2) is 54.6 Å². The highest BCUT2D eigenvalue weighted by molar-refractivity contribution is 5.91. The summed E-state index contributed by atoms with van der Waals surface area (Å²) in [7, 11) is 0. The molecule has 0 heterocycles. The van der Waals surface area contributed by atoms with E-state index >= 15 is 0 Å². The molecule has 18 heavy (non-hydrogen) atoms. The Hall–Kier alpha value is -2.35. The summed E-state index contributed by atoms with van der Waals surface area (Å²) in [4.78, 5) is 10.8. The van der Waals surface area contributed by atoms with Crippen LogP contribution in [0.1, 0.15) is 11.1 Å². The van der Waals surface area contributed by atoms with Crippen molar-refractivity contribution in [3.05, 3.63) is 65.7 Å². The van der Waals surface area contributed by atoms with Gasteiger partial charge < -0.3 is 5.73 Å². The van der Waals surface area contributed by atoms with Crippen molar-refractivity contribution in [2.75, 3.05) is 0 Å². The first-order chi connectivity index (χ1) is 8.66. The molecule has 0 aliphatic heterocycles. The highest BCUT2D eigenvalue weighted by atomic mass is 16.1. The molecule has 0 radical (unpaired) electrons. The largest absolute Gasteiger partial charge is 0.366 e. The normalized spacial score (nSPS) is 10.7. The van der Waals surface area contributed by atoms with Crippen molar-refractivity contribution in [2.45, 2.75) is 6.92 Å². The first-order valence-corrected chi connectivity index (χ1v) is 5.80. The van der Waals surface area contributed by atoms with E-state index in [1.54, 1.807) is 6.08 Å². The maximum absolute atomic E-state index is 10.8. The number of primary amides is 1. The number of amides is 1. The number of hydrogen-bond acceptors (Lipinski definition) is 1. The van der Waals surface area contributed by atoms with Gasteiger partial charge in [-0.1, -0.05) is 54.1 Å². The highest BCUT2D eigenvalue weighted by Crippen LogP contribution is 2.24. The zero-order valence-electron chi connectivity index (χ0n) is 10.3. The Morgan fingerprint density at radius 1 is 1.06 bits per heavy atom. The first-order valence-electron chi connectivity index (χ1n) is 5.80. The molecule has 0 saturated carbocycles. The molecule has 90 valence electrons. The summed E-state index contributed by atoms with van der Waals surface area (Å²) < 4.78 is 0. The van der Waals surface area contributed by atoms with Crippen LogP contribution in [0.25, 0.3) is 17.2 Å². The van der Waals surface area contributed by atoms with Gasteiger partial charge in [-0.2, -0.15) is 0 Å². The lowest BCUT2D eigenvalue weighted by atomic mass is 9.98. The molecule has 0 unspecified atom stereocenters. The second kappa shape index (κ2) is 5.32. The van der Waals surface area contributed by atoms with Gasteiger partial charge in [-0.25, -0.2) is 0 Å². The minimum absolute atomic E-state index is 0.436. The smallest absolute Gasteiger partial charge is 0.241 e. The summed E-state index contributed by atoms with van der Waals surface area (Å²) in [5.74, 6) is -0.436. The van der Waals surface area contributed by atoms with Crippen molar-refractivity contribution in [1.82, 2.24) is 0 Å². The molecule has 0 atom stereocenters. The Kier molecular flexibility index (Phi) is 3.58. The van der Waals surface area contributed by atoms with Crippen molar-refractivity contribution in [3.63, 3.8) is 0 Å². The van der Waals surface area contributed by atoms with Crippen LogP contribution in [0.4, 0.5) is 0 Å². The molecule has 0 spiro atoms. The summed E-state index contributed by atoms with van der Waals surface area (Å²) in [6, 6.07) is 16.2. The van der Waals surface area contributed by atoms with Gasteiger partial charge >= 0.3 is 0 Å². The zero-order valence-corrected chi connectivity index (χ0v) is 10.3. The van der Waals surface area contributed by atoms with Gasteiger partial charge in [-0.15, -0.1) is 0 Å². The van der Waals surface area contributed by atoms with E-state index in [0.29, 0.717) is 0 Å². The molecule has 2 aromatic carbocycles. The maximum Gasteiger partial charge on any atom is 0.241 e. The number of carbonyl (C=O) groups is 1. The quantitative estimate of drug-likeness (QED) is 0.819. The van der Waals surface area contributed by atoms with E-state index in [1.165, 1.54) is 11.6 Å². The van der Waals surface area contributed by atoms with Gasteiger partial charge in [0.2, 0.25) is 5.91 Å². The van der Waals surface area contributed by atoms with E-state index in [9.17, 15) is 4.79 Å². The van der Waals surface area contributed by atoms with E-state index in [0.717, 1.165) is 16.7 Å². The predicted octanol–water partition coefficient (Wildman–Crippen LogP) is 3.16. The third-order valence-electron chi connectivity index (χ3n) is 2.75. The van der Waals surface area contributed by atoms with E-state index in [2.05, 4.69) is 31.2 Å². The van der Waals surface area contributed by atoms with Crippen LogP contribution in [0.2, 0.25) is 0 Å². The zero-order chi connectivity index (χ0) is 13.0. The van der Waals surface area contributed by atoms with Crippen LogP contribution < -0.4 is 5.73 Å². The monoisotopic (exact) mass is 237 g/mol. The number of rotatable bonds is 3. The summed E-state index contributed by atoms with van der Waals surface area (Å²) in [6.45, 7) is 2.06. The SMILES string of the molecule is Cc1ccc(-c2ccccc2C=CC(N)=O)cc1. The average molecular weight is 237 g/mol. The van der Waals surface area contributed by atoms with Crippen molar-refractivity contribution in [2.24, 2.45) is 5.73 Å². The Morgan fingerprint density at radius 2 is 1.72 bits per heavy atom. The second-order valence-corrected chi connectivity index (χ2v) is 4.19. The lowest BCUT2D eigenvalue weighted by Gasteiger charge is -2.06. The van der Waals surface area contributed by atoms with Gasteiger partial charge in [0.15, 0.2) is 0 Å². The fourth-order valence-corrected chi connectivity index (χ4v) is 1.81. The number of nitrogens with two attached hydrogens (primary N) is 1. The highest BCUT2D eigenvalue weighted by Gasteiger charge is 2.01. The number of hydrogen-bond donors (Lipinski definition) is 1. The molecular formula is C16H15NO. The molecule has 0 fully saturated rings. The van der Waals surface area contributed by atoms with Crippen molar-refractivity contribution in [1.29, 1.82) is 0 Å². The summed E-state index contributed by atoms with van der Waals surface area (Å²) in [5, 5.41) is 0. The van der Waals surface area contributed by atoms with Crippen molar-refractivity contribution in [3.8, 4) is 11.1 Å². The minimum Gasteiger partial charge on any atom is -0.366 e. The van der Waals surface area contributed by atoms with E-state index in [4.69, 9.17) is 5.73 Å². The topological polar surface area (TPSA) is 43.1 Å². The third-order valence-corrected chi connectivity index (χ3v) is 2.75. The van der Waals surface area contributed by atoms with Crippen LogP contribution in [-0.2, 0) is 4.79 Å². The summed E-state index contributed by atoms with van der Waals surface area (Å²) >= 11 is 0. The number of aryl methyl sites for hydroxylation is 1. The predicted molar refractivity (Wildman–Crippen MR) is 74.8 cm³/mol. The molecule has 2 rings (SSSR count). The van der Waals surface area contributed by atoms with E-state index in [1.807, 2.05) is 24.3 Å². The Labute approximate surface area is 107 Å². The van der Waals surface area contributed by atoms with Crippen LogP contribution in [0.3, 0.4) is 0 Å². The molecule has 2 aromatic rings. The molecule has 0 aliphatic carbocycles. The van der Waals surface area contributed by atoms with Crippen molar-refractivity contribution >= 4 is 12.0 Å². The van der Waals surface area contributed by atoms with Gasteiger partial charge in [-0.05, 0) is 29.7 Å². The number of benzene rings is 2. The van der Waals surface area contributed by atoms with Crippen LogP contribution in [0.5, 0.6) is 0 Å². The van der Waals surface area contributed by atoms with Crippen LogP contribution >= 0.6 is 0 Å². The average Bonchev–Trinajstić information content (AvgIpc) is 2.38. The lowest BCUT2D eigenvalue weighted by Crippen LogP contribution is -2.05. The Bertz CT molecular complexity index is 582. The molecular weight excluding hydrogens is 222 g/mol. The number of carbonyl (C=O) groups excluding carboxylic acids is 1. The molecule has 0 aliphatic rings. The fraction of sp³-hybridized carbons (Fsp3) is 0.0625. The Morgan fingerprint density at radius 3 is 2.39 bits per heavy atom. The van der Waals surface area contributed by atoms with E-state index < -0.39 is 5.91 Å². The molecule has 2 heteroatoms. The van der Waals surface area contributed by atoms with Crippen molar-refractivity contribution < 1.29 is 4.79 Å². The fourth-order valence-electron chi connectivity index (χ4n) is 1.81. The summed E-state index contributed by atoms with van der Waals surface area (Å²) in [5.41, 5.74) is 9.56. The molecule has 0 bridgehead atoms. The van der Waals surface area contributed by atoms with Gasteiger partial charge in [0.05, 0.1) is 0 Å². The molecule has 2 nitrogen and oxygen atoms in total. The van der Waals surface area contributed by atoms with Gasteiger partial charge in [0.25, 0.3) is 0 Å². The lowest BCUT2D eigenvalue weighted by molar-refractivity contribution is -0.113. The van der Waals surface area contributed by atoms with Crippen LogP contribution in [-0.4, -0.2) is 5.91 Å². The second-order valence-electron chi connectivity index (χ2n) is 4.19. The first kappa shape index (κ1) is 12.1. The Balaban J connectivity index is 2.44. The van der Waals surface area contributed by atoms with Gasteiger partial charge in [0.1, 0.15) is 0 Å². The molecule has 2 N–H and O–H groups in total. The summed E-state index contributed by atoms with van der Waals surface area (Å²) in [6.07, 6.45) is 3.13. The van der Waals surface area contributed by atoms with Gasteiger partial charge in [0, 0.05) is 6.08 Å². The maximum atomic E-state index is 10.8. The standard InChI is InChI=1S/C16H15NO/c1-12-6-8-14(9-7-12)15-5-3-2-4-13(15)10-11-16(17)18/h2-11H,1H3,(H2,17,18). The van der Waals surface area contributed by atoms with E-state index in [-0.39, 0.29) is 0 Å².